The number of aromatic nitrogens is 3. The molecular weight excluding hydrogens is 374 g/mol. The molecule has 9 nitrogen and oxygen atoms in total. The zero-order valence-corrected chi connectivity index (χ0v) is 16.0. The van der Waals surface area contributed by atoms with Gasteiger partial charge in [-0.2, -0.15) is 5.10 Å². The molecule has 0 saturated carbocycles. The standard InChI is InChI=1S/C20H21N5O4/c1-2-3-18(27)24-11-15-16(12-24)22-23-19(15)21-17(26)10-13-4-6-14(7-5-13)25-8-9-29-20(25)28/h4-9H,2-3,10-12H2,1H3,(H2,21,22,23,26). The number of aromatic amines is 1. The second kappa shape index (κ2) is 7.78. The van der Waals surface area contributed by atoms with Gasteiger partial charge in [-0.1, -0.05) is 19.1 Å². The molecule has 150 valence electrons. The molecule has 29 heavy (non-hydrogen) atoms. The van der Waals surface area contributed by atoms with Crippen LogP contribution < -0.4 is 11.1 Å². The van der Waals surface area contributed by atoms with Crippen LogP contribution >= 0.6 is 0 Å². The molecule has 2 amide bonds. The number of carbonyl (C=O) groups is 2. The molecule has 0 aliphatic carbocycles. The minimum atomic E-state index is -0.464. The molecule has 2 N–H and O–H groups in total. The smallest absolute Gasteiger partial charge is 0.416 e. The summed E-state index contributed by atoms with van der Waals surface area (Å²) in [5.74, 6) is -0.0928. The van der Waals surface area contributed by atoms with Crippen LogP contribution in [0.4, 0.5) is 5.82 Å². The van der Waals surface area contributed by atoms with Gasteiger partial charge >= 0.3 is 5.76 Å². The molecule has 0 atom stereocenters. The Morgan fingerprint density at radius 3 is 2.72 bits per heavy atom. The number of H-pyrrole nitrogens is 1. The van der Waals surface area contributed by atoms with Crippen molar-refractivity contribution in [1.82, 2.24) is 19.7 Å². The summed E-state index contributed by atoms with van der Waals surface area (Å²) < 4.78 is 6.13. The summed E-state index contributed by atoms with van der Waals surface area (Å²) in [4.78, 5) is 37.9. The third-order valence-corrected chi connectivity index (χ3v) is 4.88. The van der Waals surface area contributed by atoms with Gasteiger partial charge in [-0.15, -0.1) is 0 Å². The highest BCUT2D eigenvalue weighted by Gasteiger charge is 2.28. The van der Waals surface area contributed by atoms with E-state index in [1.807, 2.05) is 6.92 Å². The van der Waals surface area contributed by atoms with Crippen LogP contribution in [0.15, 0.2) is 45.9 Å². The number of rotatable bonds is 6. The lowest BCUT2D eigenvalue weighted by Crippen LogP contribution is -2.25. The van der Waals surface area contributed by atoms with E-state index in [-0.39, 0.29) is 18.2 Å². The third-order valence-electron chi connectivity index (χ3n) is 4.88. The summed E-state index contributed by atoms with van der Waals surface area (Å²) >= 11 is 0. The molecule has 0 bridgehead atoms. The maximum atomic E-state index is 12.4. The molecule has 0 saturated heterocycles. The molecule has 0 spiro atoms. The lowest BCUT2D eigenvalue weighted by molar-refractivity contribution is -0.131. The molecule has 0 radical (unpaired) electrons. The van der Waals surface area contributed by atoms with Crippen molar-refractivity contribution in [3.05, 3.63) is 64.1 Å². The summed E-state index contributed by atoms with van der Waals surface area (Å²) in [6.45, 7) is 2.92. The van der Waals surface area contributed by atoms with Gasteiger partial charge in [0.25, 0.3) is 0 Å². The van der Waals surface area contributed by atoms with Crippen LogP contribution in [0.2, 0.25) is 0 Å². The fourth-order valence-corrected chi connectivity index (χ4v) is 3.39. The Hall–Kier alpha value is -3.62. The first-order valence-electron chi connectivity index (χ1n) is 9.44. The Morgan fingerprint density at radius 2 is 2.03 bits per heavy atom. The van der Waals surface area contributed by atoms with E-state index >= 15 is 0 Å². The highest BCUT2D eigenvalue weighted by Crippen LogP contribution is 2.27. The first-order chi connectivity index (χ1) is 14.0. The molecule has 0 unspecified atom stereocenters. The molecule has 3 aromatic rings. The van der Waals surface area contributed by atoms with Gasteiger partial charge in [0.1, 0.15) is 6.26 Å². The van der Waals surface area contributed by atoms with Gasteiger partial charge in [0.2, 0.25) is 11.8 Å². The summed E-state index contributed by atoms with van der Waals surface area (Å²) in [7, 11) is 0. The van der Waals surface area contributed by atoms with Crippen molar-refractivity contribution >= 4 is 17.6 Å². The van der Waals surface area contributed by atoms with Gasteiger partial charge in [0.15, 0.2) is 5.82 Å². The molecule has 2 aromatic heterocycles. The number of amides is 2. The van der Waals surface area contributed by atoms with Crippen LogP contribution in [0.5, 0.6) is 0 Å². The zero-order chi connectivity index (χ0) is 20.4. The van der Waals surface area contributed by atoms with E-state index in [4.69, 9.17) is 4.42 Å². The fourth-order valence-electron chi connectivity index (χ4n) is 3.39. The first kappa shape index (κ1) is 18.7. The van der Waals surface area contributed by atoms with Crippen LogP contribution in [0, 0.1) is 0 Å². The van der Waals surface area contributed by atoms with Gasteiger partial charge in [0.05, 0.1) is 37.1 Å². The number of fused-ring (bicyclic) bond motifs is 1. The molecule has 1 aromatic carbocycles. The lowest BCUT2D eigenvalue weighted by Gasteiger charge is -2.15. The Labute approximate surface area is 166 Å². The largest absolute Gasteiger partial charge is 0.423 e. The van der Waals surface area contributed by atoms with Crippen molar-refractivity contribution in [2.24, 2.45) is 0 Å². The minimum Gasteiger partial charge on any atom is -0.416 e. The van der Waals surface area contributed by atoms with Gasteiger partial charge in [-0.25, -0.2) is 9.36 Å². The average molecular weight is 395 g/mol. The number of hydrogen-bond acceptors (Lipinski definition) is 5. The van der Waals surface area contributed by atoms with Crippen molar-refractivity contribution in [1.29, 1.82) is 0 Å². The van der Waals surface area contributed by atoms with Gasteiger partial charge in [0, 0.05) is 12.0 Å². The number of nitrogens with zero attached hydrogens (tertiary/aromatic N) is 3. The number of nitrogens with one attached hydrogen (secondary N) is 2. The summed E-state index contributed by atoms with van der Waals surface area (Å²) in [5.41, 5.74) is 3.18. The Balaban J connectivity index is 1.39. The van der Waals surface area contributed by atoms with E-state index in [1.165, 1.54) is 17.0 Å². The van der Waals surface area contributed by atoms with Crippen molar-refractivity contribution in [3.8, 4) is 5.69 Å². The maximum absolute atomic E-state index is 12.4. The maximum Gasteiger partial charge on any atom is 0.423 e. The van der Waals surface area contributed by atoms with E-state index < -0.39 is 5.76 Å². The minimum absolute atomic E-state index is 0.103. The molecule has 9 heteroatoms. The molecule has 0 fully saturated rings. The molecular formula is C20H21N5O4. The van der Waals surface area contributed by atoms with Gasteiger partial charge in [-0.05, 0) is 24.1 Å². The summed E-state index contributed by atoms with van der Waals surface area (Å²) in [6, 6.07) is 7.08. The Bertz CT molecular complexity index is 1090. The van der Waals surface area contributed by atoms with E-state index in [0.29, 0.717) is 31.0 Å². The van der Waals surface area contributed by atoms with Crippen LogP contribution in [-0.4, -0.2) is 31.5 Å². The number of oxazole rings is 1. The zero-order valence-electron chi connectivity index (χ0n) is 16.0. The van der Waals surface area contributed by atoms with Crippen molar-refractivity contribution in [2.75, 3.05) is 5.32 Å². The van der Waals surface area contributed by atoms with Gasteiger partial charge in [-0.3, -0.25) is 14.7 Å². The second-order valence-corrected chi connectivity index (χ2v) is 6.96. The quantitative estimate of drug-likeness (QED) is 0.663. The average Bonchev–Trinajstić information content (AvgIpc) is 3.40. The molecule has 4 rings (SSSR count). The lowest BCUT2D eigenvalue weighted by atomic mass is 10.1. The summed E-state index contributed by atoms with van der Waals surface area (Å²) in [6.07, 6.45) is 4.35. The number of carbonyl (C=O) groups excluding carboxylic acids is 2. The molecule has 3 heterocycles. The van der Waals surface area contributed by atoms with E-state index in [0.717, 1.165) is 23.2 Å². The van der Waals surface area contributed by atoms with Gasteiger partial charge < -0.3 is 14.6 Å². The predicted molar refractivity (Wildman–Crippen MR) is 104 cm³/mol. The predicted octanol–water partition coefficient (Wildman–Crippen LogP) is 1.98. The summed E-state index contributed by atoms with van der Waals surface area (Å²) in [5, 5.41) is 9.91. The molecule has 1 aliphatic rings. The SMILES string of the molecule is CCCC(=O)N1Cc2[nH]nc(NC(=O)Cc3ccc(-n4ccoc4=O)cc3)c2C1. The Morgan fingerprint density at radius 1 is 1.24 bits per heavy atom. The van der Waals surface area contributed by atoms with E-state index in [1.54, 1.807) is 29.2 Å². The second-order valence-electron chi connectivity index (χ2n) is 6.96. The number of anilines is 1. The normalized spacial score (nSPS) is 12.8. The van der Waals surface area contributed by atoms with Crippen LogP contribution in [-0.2, 0) is 29.1 Å². The van der Waals surface area contributed by atoms with E-state index in [9.17, 15) is 14.4 Å². The highest BCUT2D eigenvalue weighted by molar-refractivity contribution is 5.92. The fraction of sp³-hybridized carbons (Fsp3) is 0.300. The third kappa shape index (κ3) is 3.84. The van der Waals surface area contributed by atoms with Crippen molar-refractivity contribution < 1.29 is 14.0 Å². The van der Waals surface area contributed by atoms with Crippen molar-refractivity contribution in [2.45, 2.75) is 39.3 Å². The molecule has 1 aliphatic heterocycles. The topological polar surface area (TPSA) is 113 Å². The van der Waals surface area contributed by atoms with Crippen LogP contribution in [0.1, 0.15) is 36.6 Å². The van der Waals surface area contributed by atoms with E-state index in [2.05, 4.69) is 15.5 Å². The monoisotopic (exact) mass is 395 g/mol. The van der Waals surface area contributed by atoms with Crippen LogP contribution in [0.25, 0.3) is 5.69 Å². The van der Waals surface area contributed by atoms with Crippen LogP contribution in [0.3, 0.4) is 0 Å². The number of benzene rings is 1. The van der Waals surface area contributed by atoms with Crippen molar-refractivity contribution in [3.63, 3.8) is 0 Å². The highest BCUT2D eigenvalue weighted by atomic mass is 16.4. The first-order valence-corrected chi connectivity index (χ1v) is 9.44. The Kier molecular flexibility index (Phi) is 5.03. The number of hydrogen-bond donors (Lipinski definition) is 2.